The standard InChI is InChI=1S/C24H34O4/c1-14(28-22(26)24-11-17-5-18(12-24)19(6-17)13-24)21(25)27-3-2-23-9-15-4-16(10-23)8-20(23)7-15/h14-20H,2-13H2,1H3. The molecule has 8 rings (SSSR count). The molecule has 4 heteroatoms. The number of carbonyl (C=O) groups is 2. The molecule has 0 aromatic heterocycles. The van der Waals surface area contributed by atoms with Crippen LogP contribution >= 0.6 is 0 Å². The molecule has 0 aromatic rings. The molecule has 0 radical (unpaired) electrons. The maximum atomic E-state index is 12.9. The largest absolute Gasteiger partial charge is 0.463 e. The monoisotopic (exact) mass is 386 g/mol. The minimum absolute atomic E-state index is 0.126. The first-order chi connectivity index (χ1) is 13.4. The molecule has 4 nitrogen and oxygen atoms in total. The van der Waals surface area contributed by atoms with Crippen molar-refractivity contribution in [3.05, 3.63) is 0 Å². The highest BCUT2D eigenvalue weighted by Crippen LogP contribution is 2.67. The fourth-order valence-corrected chi connectivity index (χ4v) is 9.24. The Balaban J connectivity index is 1.01. The second kappa shape index (κ2) is 5.98. The van der Waals surface area contributed by atoms with Gasteiger partial charge >= 0.3 is 11.9 Å². The maximum absolute atomic E-state index is 12.9. The zero-order valence-electron chi connectivity index (χ0n) is 17.2. The molecular formula is C24H34O4. The van der Waals surface area contributed by atoms with E-state index in [-0.39, 0.29) is 17.4 Å². The quantitative estimate of drug-likeness (QED) is 0.631. The van der Waals surface area contributed by atoms with E-state index in [1.807, 2.05) is 0 Å². The van der Waals surface area contributed by atoms with Gasteiger partial charge in [-0.05, 0) is 118 Å². The van der Waals surface area contributed by atoms with Gasteiger partial charge in [0, 0.05) is 0 Å². The third kappa shape index (κ3) is 2.55. The van der Waals surface area contributed by atoms with Crippen molar-refractivity contribution in [2.24, 2.45) is 46.3 Å². The molecule has 154 valence electrons. The van der Waals surface area contributed by atoms with E-state index in [4.69, 9.17) is 9.47 Å². The summed E-state index contributed by atoms with van der Waals surface area (Å²) in [6.45, 7) is 2.18. The second-order valence-corrected chi connectivity index (χ2v) is 11.6. The molecule has 0 N–H and O–H groups in total. The van der Waals surface area contributed by atoms with Crippen LogP contribution in [-0.2, 0) is 19.1 Å². The predicted octanol–water partition coefficient (Wildman–Crippen LogP) is 4.50. The van der Waals surface area contributed by atoms with Crippen LogP contribution in [0.3, 0.4) is 0 Å². The van der Waals surface area contributed by atoms with E-state index in [1.54, 1.807) is 6.92 Å². The molecular weight excluding hydrogens is 352 g/mol. The Morgan fingerprint density at radius 1 is 0.893 bits per heavy atom. The van der Waals surface area contributed by atoms with Crippen molar-refractivity contribution in [2.75, 3.05) is 6.61 Å². The Morgan fingerprint density at radius 3 is 2.18 bits per heavy atom. The number of hydrogen-bond acceptors (Lipinski definition) is 4. The first-order valence-electron chi connectivity index (χ1n) is 11.8. The molecule has 0 aliphatic heterocycles. The highest BCUT2D eigenvalue weighted by atomic mass is 16.6. The molecule has 8 aliphatic carbocycles. The van der Waals surface area contributed by atoms with E-state index in [2.05, 4.69) is 0 Å². The highest BCUT2D eigenvalue weighted by molar-refractivity contribution is 5.82. The second-order valence-electron chi connectivity index (χ2n) is 11.6. The van der Waals surface area contributed by atoms with Crippen molar-refractivity contribution in [2.45, 2.75) is 83.7 Å². The zero-order valence-corrected chi connectivity index (χ0v) is 17.2. The van der Waals surface area contributed by atoms with Gasteiger partial charge in [0.1, 0.15) is 0 Å². The van der Waals surface area contributed by atoms with E-state index in [0.29, 0.717) is 17.9 Å². The fourth-order valence-electron chi connectivity index (χ4n) is 9.24. The van der Waals surface area contributed by atoms with Crippen LogP contribution in [0.1, 0.15) is 77.6 Å². The minimum Gasteiger partial charge on any atom is -0.463 e. The van der Waals surface area contributed by atoms with Crippen LogP contribution in [0.15, 0.2) is 0 Å². The van der Waals surface area contributed by atoms with E-state index >= 15 is 0 Å². The lowest BCUT2D eigenvalue weighted by Crippen LogP contribution is -2.40. The van der Waals surface area contributed by atoms with Crippen LogP contribution in [0, 0.1) is 46.3 Å². The number of rotatable bonds is 6. The van der Waals surface area contributed by atoms with E-state index in [1.165, 1.54) is 44.9 Å². The summed E-state index contributed by atoms with van der Waals surface area (Å²) in [4.78, 5) is 25.4. The van der Waals surface area contributed by atoms with Gasteiger partial charge in [0.2, 0.25) is 0 Å². The molecule has 28 heavy (non-hydrogen) atoms. The van der Waals surface area contributed by atoms with Gasteiger partial charge in [0.05, 0.1) is 12.0 Å². The molecule has 0 spiro atoms. The lowest BCUT2D eigenvalue weighted by Gasteiger charge is -2.36. The Labute approximate surface area is 168 Å². The van der Waals surface area contributed by atoms with Crippen LogP contribution in [0.4, 0.5) is 0 Å². The third-order valence-corrected chi connectivity index (χ3v) is 9.98. The zero-order chi connectivity index (χ0) is 19.1. The third-order valence-electron chi connectivity index (χ3n) is 9.98. The van der Waals surface area contributed by atoms with Crippen molar-refractivity contribution in [1.29, 1.82) is 0 Å². The summed E-state index contributed by atoms with van der Waals surface area (Å²) < 4.78 is 11.3. The molecule has 5 unspecified atom stereocenters. The predicted molar refractivity (Wildman–Crippen MR) is 103 cm³/mol. The molecule has 5 atom stereocenters. The van der Waals surface area contributed by atoms with E-state index in [0.717, 1.165) is 55.3 Å². The Hall–Kier alpha value is -1.06. The van der Waals surface area contributed by atoms with Gasteiger partial charge < -0.3 is 9.47 Å². The average molecular weight is 387 g/mol. The fraction of sp³-hybridized carbons (Fsp3) is 0.917. The number of ether oxygens (including phenoxy) is 2. The molecule has 0 heterocycles. The summed E-state index contributed by atoms with van der Waals surface area (Å²) in [5, 5.41) is 0. The van der Waals surface area contributed by atoms with Crippen molar-refractivity contribution in [3.8, 4) is 0 Å². The van der Waals surface area contributed by atoms with Gasteiger partial charge in [-0.2, -0.15) is 0 Å². The normalized spacial score (nSPS) is 50.3. The molecule has 0 amide bonds. The number of esters is 2. The summed E-state index contributed by atoms with van der Waals surface area (Å²) in [6.07, 6.45) is 12.8. The molecule has 8 bridgehead atoms. The van der Waals surface area contributed by atoms with Gasteiger partial charge in [-0.3, -0.25) is 4.79 Å². The van der Waals surface area contributed by atoms with Crippen LogP contribution in [0.2, 0.25) is 0 Å². The van der Waals surface area contributed by atoms with Crippen molar-refractivity contribution < 1.29 is 19.1 Å². The lowest BCUT2D eigenvalue weighted by molar-refractivity contribution is -0.176. The number of hydrogen-bond donors (Lipinski definition) is 0. The molecule has 8 aliphatic rings. The van der Waals surface area contributed by atoms with Gasteiger partial charge in [-0.1, -0.05) is 0 Å². The summed E-state index contributed by atoms with van der Waals surface area (Å²) in [7, 11) is 0. The van der Waals surface area contributed by atoms with Crippen molar-refractivity contribution >= 4 is 11.9 Å². The highest BCUT2D eigenvalue weighted by Gasteiger charge is 2.60. The molecule has 0 saturated heterocycles. The summed E-state index contributed by atoms with van der Waals surface area (Å²) >= 11 is 0. The van der Waals surface area contributed by atoms with Gasteiger partial charge in [-0.15, -0.1) is 0 Å². The van der Waals surface area contributed by atoms with E-state index < -0.39 is 6.10 Å². The van der Waals surface area contributed by atoms with Gasteiger partial charge in [0.15, 0.2) is 6.10 Å². The Kier molecular flexibility index (Phi) is 3.80. The first kappa shape index (κ1) is 17.8. The SMILES string of the molecule is CC(OC(=O)C12CC3CC(C1)C(C3)C2)C(=O)OCCC12CC3CC(CC1C3)C2. The van der Waals surface area contributed by atoms with Crippen LogP contribution in [-0.4, -0.2) is 24.6 Å². The average Bonchev–Trinajstić information content (AvgIpc) is 3.25. The first-order valence-corrected chi connectivity index (χ1v) is 11.8. The van der Waals surface area contributed by atoms with Crippen LogP contribution in [0.5, 0.6) is 0 Å². The smallest absolute Gasteiger partial charge is 0.347 e. The van der Waals surface area contributed by atoms with Gasteiger partial charge in [-0.25, -0.2) is 4.79 Å². The van der Waals surface area contributed by atoms with Crippen molar-refractivity contribution in [1.82, 2.24) is 0 Å². The van der Waals surface area contributed by atoms with Crippen LogP contribution < -0.4 is 0 Å². The lowest BCUT2D eigenvalue weighted by atomic mass is 9.69. The van der Waals surface area contributed by atoms with Crippen molar-refractivity contribution in [3.63, 3.8) is 0 Å². The minimum atomic E-state index is -0.770. The Bertz CT molecular complexity index is 665. The number of carbonyl (C=O) groups excluding carboxylic acids is 2. The summed E-state index contributed by atoms with van der Waals surface area (Å²) in [6, 6.07) is 0. The Morgan fingerprint density at radius 2 is 1.54 bits per heavy atom. The van der Waals surface area contributed by atoms with E-state index in [9.17, 15) is 9.59 Å². The molecule has 0 aromatic carbocycles. The van der Waals surface area contributed by atoms with Gasteiger partial charge in [0.25, 0.3) is 0 Å². The topological polar surface area (TPSA) is 52.6 Å². The summed E-state index contributed by atoms with van der Waals surface area (Å²) in [5.74, 6) is 4.43. The summed E-state index contributed by atoms with van der Waals surface area (Å²) in [5.41, 5.74) is 0.167. The molecule has 8 fully saturated rings. The maximum Gasteiger partial charge on any atom is 0.347 e. The van der Waals surface area contributed by atoms with Crippen LogP contribution in [0.25, 0.3) is 0 Å². The molecule has 8 saturated carbocycles.